The highest BCUT2D eigenvalue weighted by Gasteiger charge is 2.52. The molecule has 8 heteroatoms. The average molecular weight is 296 g/mol. The maximum atomic E-state index is 9.44. The topological polar surface area (TPSA) is 145 Å². The summed E-state index contributed by atoms with van der Waals surface area (Å²) < 4.78 is 4.63. The summed E-state index contributed by atoms with van der Waals surface area (Å²) in [6.07, 6.45) is -4.04. The quantitative estimate of drug-likeness (QED) is 0.392. The SMILES string of the molecule is CC(C)=O.CC(C)=O.OC[C@H]1O[C@](O)(CO)[C@@H](O)[C@@H]1O. The van der Waals surface area contributed by atoms with Gasteiger partial charge in [0.15, 0.2) is 0 Å². The van der Waals surface area contributed by atoms with Crippen molar-refractivity contribution in [2.75, 3.05) is 13.2 Å². The van der Waals surface area contributed by atoms with Gasteiger partial charge in [-0.25, -0.2) is 0 Å². The van der Waals surface area contributed by atoms with Crippen LogP contribution in [0.2, 0.25) is 0 Å². The van der Waals surface area contributed by atoms with Gasteiger partial charge in [0, 0.05) is 0 Å². The molecule has 120 valence electrons. The third-order valence-electron chi connectivity index (χ3n) is 1.93. The lowest BCUT2D eigenvalue weighted by atomic mass is 10.1. The van der Waals surface area contributed by atoms with Crippen LogP contribution in [0.4, 0.5) is 0 Å². The zero-order valence-electron chi connectivity index (χ0n) is 12.1. The van der Waals surface area contributed by atoms with Crippen molar-refractivity contribution in [3.63, 3.8) is 0 Å². The number of Topliss-reactive ketones (excluding diaryl/α,β-unsaturated/α-hetero) is 2. The van der Waals surface area contributed by atoms with Crippen molar-refractivity contribution in [3.05, 3.63) is 0 Å². The van der Waals surface area contributed by atoms with Gasteiger partial charge in [0.2, 0.25) is 5.79 Å². The van der Waals surface area contributed by atoms with Crippen molar-refractivity contribution in [1.82, 2.24) is 0 Å². The fourth-order valence-electron chi connectivity index (χ4n) is 1.15. The number of rotatable bonds is 2. The highest BCUT2D eigenvalue weighted by Crippen LogP contribution is 2.28. The first-order valence-corrected chi connectivity index (χ1v) is 5.94. The molecule has 0 unspecified atom stereocenters. The van der Waals surface area contributed by atoms with Gasteiger partial charge >= 0.3 is 0 Å². The van der Waals surface area contributed by atoms with Crippen LogP contribution >= 0.6 is 0 Å². The molecule has 0 spiro atoms. The van der Waals surface area contributed by atoms with Crippen LogP contribution in [0.5, 0.6) is 0 Å². The Morgan fingerprint density at radius 1 is 1.05 bits per heavy atom. The molecular formula is C12H24O8. The van der Waals surface area contributed by atoms with Crippen LogP contribution in [0.1, 0.15) is 27.7 Å². The highest BCUT2D eigenvalue weighted by molar-refractivity contribution is 5.72. The molecule has 1 rings (SSSR count). The minimum absolute atomic E-state index is 0.167. The average Bonchev–Trinajstić information content (AvgIpc) is 2.53. The van der Waals surface area contributed by atoms with Crippen LogP contribution in [0.25, 0.3) is 0 Å². The van der Waals surface area contributed by atoms with Gasteiger partial charge in [0.1, 0.15) is 29.9 Å². The Labute approximate surface area is 117 Å². The number of ether oxygens (including phenoxy) is 1. The monoisotopic (exact) mass is 296 g/mol. The van der Waals surface area contributed by atoms with E-state index in [4.69, 9.17) is 20.4 Å². The van der Waals surface area contributed by atoms with Gasteiger partial charge in [-0.05, 0) is 27.7 Å². The summed E-state index contributed by atoms with van der Waals surface area (Å²) in [6.45, 7) is 4.75. The number of aliphatic hydroxyl groups is 5. The molecule has 1 heterocycles. The number of carbonyl (C=O) groups is 2. The first-order valence-electron chi connectivity index (χ1n) is 5.94. The smallest absolute Gasteiger partial charge is 0.219 e. The van der Waals surface area contributed by atoms with E-state index >= 15 is 0 Å². The van der Waals surface area contributed by atoms with Crippen LogP contribution in [0.3, 0.4) is 0 Å². The lowest BCUT2D eigenvalue weighted by molar-refractivity contribution is -0.248. The third-order valence-corrected chi connectivity index (χ3v) is 1.93. The second kappa shape index (κ2) is 9.92. The molecular weight excluding hydrogens is 272 g/mol. The van der Waals surface area contributed by atoms with E-state index < -0.39 is 37.3 Å². The Kier molecular flexibility index (Phi) is 10.6. The van der Waals surface area contributed by atoms with E-state index in [-0.39, 0.29) is 11.6 Å². The molecule has 20 heavy (non-hydrogen) atoms. The lowest BCUT2D eigenvalue weighted by Crippen LogP contribution is -2.46. The largest absolute Gasteiger partial charge is 0.394 e. The molecule has 0 amide bonds. The van der Waals surface area contributed by atoms with Crippen molar-refractivity contribution in [2.24, 2.45) is 0 Å². The van der Waals surface area contributed by atoms with Gasteiger partial charge in [-0.3, -0.25) is 0 Å². The molecule has 4 atom stereocenters. The van der Waals surface area contributed by atoms with E-state index in [2.05, 4.69) is 4.74 Å². The molecule has 0 aromatic carbocycles. The van der Waals surface area contributed by atoms with E-state index in [1.165, 1.54) is 27.7 Å². The number of hydrogen-bond acceptors (Lipinski definition) is 8. The predicted octanol–water partition coefficient (Wildman–Crippen LogP) is -2.03. The van der Waals surface area contributed by atoms with Crippen LogP contribution in [-0.2, 0) is 14.3 Å². The van der Waals surface area contributed by atoms with E-state index in [0.29, 0.717) is 0 Å². The second-order valence-electron chi connectivity index (χ2n) is 4.59. The number of carbonyl (C=O) groups excluding carboxylic acids is 2. The Morgan fingerprint density at radius 3 is 1.55 bits per heavy atom. The van der Waals surface area contributed by atoms with Crippen molar-refractivity contribution < 1.29 is 39.9 Å². The van der Waals surface area contributed by atoms with Crippen molar-refractivity contribution in [1.29, 1.82) is 0 Å². The zero-order chi connectivity index (χ0) is 16.5. The molecule has 0 saturated carbocycles. The minimum atomic E-state index is -2.16. The maximum absolute atomic E-state index is 9.44. The van der Waals surface area contributed by atoms with Gasteiger partial charge in [-0.1, -0.05) is 0 Å². The van der Waals surface area contributed by atoms with Gasteiger partial charge in [0.05, 0.1) is 13.2 Å². The summed E-state index contributed by atoms with van der Waals surface area (Å²) >= 11 is 0. The first-order chi connectivity index (χ1) is 9.01. The molecule has 1 saturated heterocycles. The zero-order valence-corrected chi connectivity index (χ0v) is 12.1. The second-order valence-corrected chi connectivity index (χ2v) is 4.59. The van der Waals surface area contributed by atoms with Gasteiger partial charge in [-0.2, -0.15) is 0 Å². The summed E-state index contributed by atoms with van der Waals surface area (Å²) in [7, 11) is 0. The molecule has 1 aliphatic heterocycles. The molecule has 0 bridgehead atoms. The van der Waals surface area contributed by atoms with Crippen LogP contribution in [-0.4, -0.2) is 74.4 Å². The summed E-state index contributed by atoms with van der Waals surface area (Å²) in [6, 6.07) is 0. The molecule has 1 fully saturated rings. The molecule has 1 aliphatic rings. The van der Waals surface area contributed by atoms with Crippen LogP contribution < -0.4 is 0 Å². The van der Waals surface area contributed by atoms with Crippen molar-refractivity contribution >= 4 is 11.6 Å². The fraction of sp³-hybridized carbons (Fsp3) is 0.833. The van der Waals surface area contributed by atoms with E-state index in [0.717, 1.165) is 0 Å². The number of ketones is 2. The van der Waals surface area contributed by atoms with Gasteiger partial charge in [0.25, 0.3) is 0 Å². The molecule has 5 N–H and O–H groups in total. The molecule has 8 nitrogen and oxygen atoms in total. The molecule has 0 aliphatic carbocycles. The maximum Gasteiger partial charge on any atom is 0.219 e. The Hall–Kier alpha value is -0.900. The third kappa shape index (κ3) is 8.31. The highest BCUT2D eigenvalue weighted by atomic mass is 16.7. The summed E-state index contributed by atoms with van der Waals surface area (Å²) in [5.41, 5.74) is 0. The van der Waals surface area contributed by atoms with Gasteiger partial charge < -0.3 is 39.9 Å². The normalized spacial score (nSPS) is 31.6. The number of aliphatic hydroxyl groups excluding tert-OH is 4. The van der Waals surface area contributed by atoms with Crippen molar-refractivity contribution in [3.8, 4) is 0 Å². The lowest BCUT2D eigenvalue weighted by Gasteiger charge is -2.22. The standard InChI is InChI=1S/C6H12O6.2C3H6O/c7-1-3-4(9)5(10)6(11,2-8)12-3;2*1-3(2)4/h3-5,7-11H,1-2H2;2*1-2H3/t3-,4-,5+,6-;;/m1../s1. The summed E-state index contributed by atoms with van der Waals surface area (Å²) in [5, 5.41) is 44.7. The minimum Gasteiger partial charge on any atom is -0.394 e. The molecule has 0 aromatic heterocycles. The molecule has 0 radical (unpaired) electrons. The Balaban J connectivity index is 0. The summed E-state index contributed by atoms with van der Waals surface area (Å²) in [5.74, 6) is -1.83. The Morgan fingerprint density at radius 2 is 1.40 bits per heavy atom. The van der Waals surface area contributed by atoms with E-state index in [1.54, 1.807) is 0 Å². The van der Waals surface area contributed by atoms with Crippen molar-refractivity contribution in [2.45, 2.75) is 51.8 Å². The summed E-state index contributed by atoms with van der Waals surface area (Å²) in [4.78, 5) is 18.9. The predicted molar refractivity (Wildman–Crippen MR) is 68.7 cm³/mol. The Bertz CT molecular complexity index is 286. The number of hydrogen-bond donors (Lipinski definition) is 5. The van der Waals surface area contributed by atoms with Crippen LogP contribution in [0, 0.1) is 0 Å². The van der Waals surface area contributed by atoms with Gasteiger partial charge in [-0.15, -0.1) is 0 Å². The molecule has 0 aromatic rings. The van der Waals surface area contributed by atoms with Crippen LogP contribution in [0.15, 0.2) is 0 Å². The van der Waals surface area contributed by atoms with E-state index in [1.807, 2.05) is 0 Å². The first kappa shape index (κ1) is 21.4. The van der Waals surface area contributed by atoms with E-state index in [9.17, 15) is 14.7 Å². The fourth-order valence-corrected chi connectivity index (χ4v) is 1.15.